The Morgan fingerprint density at radius 3 is 2.84 bits per heavy atom. The molecule has 1 N–H and O–H groups in total. The molecule has 1 fully saturated rings. The smallest absolute Gasteiger partial charge is 0.112 e. The summed E-state index contributed by atoms with van der Waals surface area (Å²) < 4.78 is 0. The number of hydrogen-bond donors (Lipinski definition) is 1. The van der Waals surface area contributed by atoms with Crippen LogP contribution in [0.2, 0.25) is 0 Å². The Morgan fingerprint density at radius 1 is 1.21 bits per heavy atom. The summed E-state index contributed by atoms with van der Waals surface area (Å²) in [5, 5.41) is 6.67. The van der Waals surface area contributed by atoms with Crippen LogP contribution in [0.3, 0.4) is 0 Å². The second kappa shape index (κ2) is 6.17. The molecule has 0 aliphatic carbocycles. The van der Waals surface area contributed by atoms with E-state index in [0.717, 1.165) is 18.1 Å². The zero-order valence-corrected chi connectivity index (χ0v) is 11.8. The number of hydrogen-bond acceptors (Lipinski definition) is 4. The summed E-state index contributed by atoms with van der Waals surface area (Å²) in [5.74, 6) is 0. The molecule has 2 aromatic rings. The predicted molar refractivity (Wildman–Crippen MR) is 80.4 cm³/mol. The average Bonchev–Trinajstić information content (AvgIpc) is 3.10. The molecule has 19 heavy (non-hydrogen) atoms. The molecule has 0 saturated carbocycles. The van der Waals surface area contributed by atoms with E-state index in [0.29, 0.717) is 0 Å². The lowest BCUT2D eigenvalue weighted by Crippen LogP contribution is -2.19. The van der Waals surface area contributed by atoms with Gasteiger partial charge in [0.2, 0.25) is 0 Å². The SMILES string of the molecule is c1ccc(NCc2nccs2)c(CN2CCCC2)c1. The minimum Gasteiger partial charge on any atom is -0.378 e. The van der Waals surface area contributed by atoms with Crippen molar-refractivity contribution in [3.05, 3.63) is 46.4 Å². The van der Waals surface area contributed by atoms with E-state index in [2.05, 4.69) is 39.5 Å². The van der Waals surface area contributed by atoms with Gasteiger partial charge in [-0.3, -0.25) is 4.90 Å². The number of nitrogens with zero attached hydrogens (tertiary/aromatic N) is 2. The average molecular weight is 273 g/mol. The van der Waals surface area contributed by atoms with Crippen LogP contribution in [0.15, 0.2) is 35.8 Å². The molecule has 1 aromatic heterocycles. The van der Waals surface area contributed by atoms with Crippen LogP contribution in [0.1, 0.15) is 23.4 Å². The third-order valence-corrected chi connectivity index (χ3v) is 4.30. The highest BCUT2D eigenvalue weighted by Gasteiger charge is 2.13. The van der Waals surface area contributed by atoms with Crippen LogP contribution in [0.4, 0.5) is 5.69 Å². The van der Waals surface area contributed by atoms with E-state index in [9.17, 15) is 0 Å². The molecule has 0 amide bonds. The van der Waals surface area contributed by atoms with Gasteiger partial charge in [0, 0.05) is 23.8 Å². The van der Waals surface area contributed by atoms with Crippen LogP contribution in [0.25, 0.3) is 0 Å². The van der Waals surface area contributed by atoms with E-state index in [1.807, 2.05) is 11.6 Å². The lowest BCUT2D eigenvalue weighted by atomic mass is 10.1. The van der Waals surface area contributed by atoms with Crippen molar-refractivity contribution in [3.8, 4) is 0 Å². The van der Waals surface area contributed by atoms with Gasteiger partial charge in [0.25, 0.3) is 0 Å². The fraction of sp³-hybridized carbons (Fsp3) is 0.400. The molecule has 1 saturated heterocycles. The first-order valence-electron chi connectivity index (χ1n) is 6.84. The van der Waals surface area contributed by atoms with Gasteiger partial charge < -0.3 is 5.32 Å². The van der Waals surface area contributed by atoms with Gasteiger partial charge in [0.1, 0.15) is 5.01 Å². The van der Waals surface area contributed by atoms with Crippen molar-refractivity contribution >= 4 is 17.0 Å². The van der Waals surface area contributed by atoms with Crippen molar-refractivity contribution in [1.29, 1.82) is 0 Å². The molecule has 0 unspecified atom stereocenters. The summed E-state index contributed by atoms with van der Waals surface area (Å²) in [6, 6.07) is 8.61. The normalized spacial score (nSPS) is 15.8. The Morgan fingerprint density at radius 2 is 2.05 bits per heavy atom. The number of nitrogens with one attached hydrogen (secondary N) is 1. The molecule has 0 atom stereocenters. The van der Waals surface area contributed by atoms with Gasteiger partial charge in [-0.25, -0.2) is 4.98 Å². The van der Waals surface area contributed by atoms with Gasteiger partial charge in [-0.2, -0.15) is 0 Å². The molecule has 4 heteroatoms. The van der Waals surface area contributed by atoms with Gasteiger partial charge in [-0.1, -0.05) is 18.2 Å². The zero-order chi connectivity index (χ0) is 12.9. The number of thiazole rings is 1. The summed E-state index contributed by atoms with van der Waals surface area (Å²) >= 11 is 1.70. The zero-order valence-electron chi connectivity index (χ0n) is 11.0. The maximum absolute atomic E-state index is 4.31. The first-order valence-corrected chi connectivity index (χ1v) is 7.72. The van der Waals surface area contributed by atoms with E-state index in [-0.39, 0.29) is 0 Å². The molecule has 3 nitrogen and oxygen atoms in total. The number of anilines is 1. The molecule has 3 rings (SSSR count). The highest BCUT2D eigenvalue weighted by Crippen LogP contribution is 2.20. The van der Waals surface area contributed by atoms with Crippen molar-refractivity contribution in [3.63, 3.8) is 0 Å². The highest BCUT2D eigenvalue weighted by atomic mass is 32.1. The minimum atomic E-state index is 0.814. The van der Waals surface area contributed by atoms with Crippen LogP contribution >= 0.6 is 11.3 Å². The van der Waals surface area contributed by atoms with Crippen LogP contribution < -0.4 is 5.32 Å². The highest BCUT2D eigenvalue weighted by molar-refractivity contribution is 7.09. The monoisotopic (exact) mass is 273 g/mol. The standard InChI is InChI=1S/C15H19N3S/c1-2-6-14(17-11-15-16-7-10-19-15)13(5-1)12-18-8-3-4-9-18/h1-2,5-7,10,17H,3-4,8-9,11-12H2. The number of para-hydroxylation sites is 1. The Balaban J connectivity index is 1.66. The predicted octanol–water partition coefficient (Wildman–Crippen LogP) is 3.35. The molecular weight excluding hydrogens is 254 g/mol. The van der Waals surface area contributed by atoms with Gasteiger partial charge in [0.05, 0.1) is 6.54 Å². The second-order valence-corrected chi connectivity index (χ2v) is 5.90. The molecule has 1 aliphatic rings. The third-order valence-electron chi connectivity index (χ3n) is 3.52. The van der Waals surface area contributed by atoms with Crippen molar-refractivity contribution in [2.45, 2.75) is 25.9 Å². The molecule has 0 radical (unpaired) electrons. The van der Waals surface area contributed by atoms with E-state index in [1.54, 1.807) is 11.3 Å². The third kappa shape index (κ3) is 3.33. The molecule has 0 spiro atoms. The first-order chi connectivity index (χ1) is 9.42. The quantitative estimate of drug-likeness (QED) is 0.905. The summed E-state index contributed by atoms with van der Waals surface area (Å²) in [5.41, 5.74) is 2.63. The van der Waals surface area contributed by atoms with Crippen LogP contribution in [-0.4, -0.2) is 23.0 Å². The van der Waals surface area contributed by atoms with E-state index in [1.165, 1.54) is 37.2 Å². The molecule has 1 aromatic carbocycles. The summed E-state index contributed by atoms with van der Waals surface area (Å²) in [4.78, 5) is 6.84. The maximum atomic E-state index is 4.31. The summed E-state index contributed by atoms with van der Waals surface area (Å²) in [6.07, 6.45) is 4.54. The Hall–Kier alpha value is -1.39. The van der Waals surface area contributed by atoms with Crippen molar-refractivity contribution < 1.29 is 0 Å². The van der Waals surface area contributed by atoms with Crippen molar-refractivity contribution in [2.24, 2.45) is 0 Å². The van der Waals surface area contributed by atoms with E-state index < -0.39 is 0 Å². The number of benzene rings is 1. The lowest BCUT2D eigenvalue weighted by Gasteiger charge is -2.18. The van der Waals surface area contributed by atoms with Crippen molar-refractivity contribution in [2.75, 3.05) is 18.4 Å². The fourth-order valence-electron chi connectivity index (χ4n) is 2.52. The van der Waals surface area contributed by atoms with Crippen LogP contribution in [-0.2, 0) is 13.1 Å². The Bertz CT molecular complexity index is 504. The summed E-state index contributed by atoms with van der Waals surface area (Å²) in [6.45, 7) is 4.34. The summed E-state index contributed by atoms with van der Waals surface area (Å²) in [7, 11) is 0. The Kier molecular flexibility index (Phi) is 4.10. The molecule has 1 aliphatic heterocycles. The lowest BCUT2D eigenvalue weighted by molar-refractivity contribution is 0.332. The molecule has 100 valence electrons. The van der Waals surface area contributed by atoms with Gasteiger partial charge >= 0.3 is 0 Å². The Labute approximate surface area is 118 Å². The minimum absolute atomic E-state index is 0.814. The van der Waals surface area contributed by atoms with Gasteiger partial charge in [0.15, 0.2) is 0 Å². The van der Waals surface area contributed by atoms with Crippen LogP contribution in [0.5, 0.6) is 0 Å². The molecular formula is C15H19N3S. The second-order valence-electron chi connectivity index (χ2n) is 4.92. The maximum Gasteiger partial charge on any atom is 0.112 e. The largest absolute Gasteiger partial charge is 0.378 e. The first kappa shape index (κ1) is 12.6. The van der Waals surface area contributed by atoms with Crippen LogP contribution in [0, 0.1) is 0 Å². The van der Waals surface area contributed by atoms with E-state index >= 15 is 0 Å². The fourth-order valence-corrected chi connectivity index (χ4v) is 3.08. The topological polar surface area (TPSA) is 28.2 Å². The van der Waals surface area contributed by atoms with Gasteiger partial charge in [-0.05, 0) is 37.6 Å². The van der Waals surface area contributed by atoms with Crippen molar-refractivity contribution in [1.82, 2.24) is 9.88 Å². The van der Waals surface area contributed by atoms with Gasteiger partial charge in [-0.15, -0.1) is 11.3 Å². The van der Waals surface area contributed by atoms with E-state index in [4.69, 9.17) is 0 Å². The number of rotatable bonds is 5. The number of aromatic nitrogens is 1. The molecule has 2 heterocycles. The number of likely N-dealkylation sites (tertiary alicyclic amines) is 1. The molecule has 0 bridgehead atoms.